The van der Waals surface area contributed by atoms with Crippen LogP contribution >= 0.6 is 0 Å². The van der Waals surface area contributed by atoms with Gasteiger partial charge in [0.05, 0.1) is 5.56 Å². The molecule has 6 nitrogen and oxygen atoms in total. The first-order valence-corrected chi connectivity index (χ1v) is 6.42. The van der Waals surface area contributed by atoms with Crippen LogP contribution in [0.3, 0.4) is 0 Å². The highest BCUT2D eigenvalue weighted by molar-refractivity contribution is 6.01. The number of nitrogens with two attached hydrogens (primary N) is 1. The van der Waals surface area contributed by atoms with E-state index in [9.17, 15) is 0 Å². The number of rotatable bonds is 7. The molecule has 106 valence electrons. The number of hydrogen-bond acceptors (Lipinski definition) is 5. The van der Waals surface area contributed by atoms with E-state index in [4.69, 9.17) is 10.9 Å². The van der Waals surface area contributed by atoms with Crippen molar-refractivity contribution in [3.05, 3.63) is 23.9 Å². The monoisotopic (exact) mass is 265 g/mol. The van der Waals surface area contributed by atoms with E-state index >= 15 is 0 Å². The van der Waals surface area contributed by atoms with Gasteiger partial charge in [-0.1, -0.05) is 12.1 Å². The average Bonchev–Trinajstić information content (AvgIpc) is 2.42. The van der Waals surface area contributed by atoms with Crippen LogP contribution in [0.1, 0.15) is 18.9 Å². The van der Waals surface area contributed by atoms with Crippen molar-refractivity contribution in [2.75, 3.05) is 38.6 Å². The number of hydrogen-bond donors (Lipinski definition) is 2. The highest BCUT2D eigenvalue weighted by Crippen LogP contribution is 2.17. The van der Waals surface area contributed by atoms with Gasteiger partial charge in [-0.2, -0.15) is 0 Å². The summed E-state index contributed by atoms with van der Waals surface area (Å²) in [4.78, 5) is 8.66. The van der Waals surface area contributed by atoms with Crippen LogP contribution in [0.15, 0.2) is 23.5 Å². The molecule has 0 saturated heterocycles. The van der Waals surface area contributed by atoms with Gasteiger partial charge in [-0.25, -0.2) is 4.98 Å². The molecule has 1 aromatic rings. The Balaban J connectivity index is 3.01. The fourth-order valence-electron chi connectivity index (χ4n) is 1.82. The van der Waals surface area contributed by atoms with Crippen molar-refractivity contribution in [2.45, 2.75) is 13.3 Å². The first-order chi connectivity index (χ1) is 9.10. The van der Waals surface area contributed by atoms with Gasteiger partial charge in [-0.3, -0.25) is 0 Å². The number of pyridine rings is 1. The maximum absolute atomic E-state index is 8.85. The largest absolute Gasteiger partial charge is 0.409 e. The molecule has 0 bridgehead atoms. The topological polar surface area (TPSA) is 78.0 Å². The van der Waals surface area contributed by atoms with Gasteiger partial charge in [-0.15, -0.1) is 0 Å². The van der Waals surface area contributed by atoms with Crippen molar-refractivity contribution in [1.29, 1.82) is 0 Å². The molecule has 0 unspecified atom stereocenters. The summed E-state index contributed by atoms with van der Waals surface area (Å²) in [6.45, 7) is 4.78. The van der Waals surface area contributed by atoms with E-state index in [0.29, 0.717) is 5.56 Å². The van der Waals surface area contributed by atoms with Crippen molar-refractivity contribution in [2.24, 2.45) is 10.9 Å². The summed E-state index contributed by atoms with van der Waals surface area (Å²) >= 11 is 0. The third kappa shape index (κ3) is 4.40. The number of nitrogens with zero attached hydrogens (tertiary/aromatic N) is 4. The van der Waals surface area contributed by atoms with E-state index in [1.54, 1.807) is 12.3 Å². The minimum atomic E-state index is 0.0917. The van der Waals surface area contributed by atoms with Gasteiger partial charge in [0.15, 0.2) is 5.84 Å². The maximum Gasteiger partial charge on any atom is 0.173 e. The first kappa shape index (κ1) is 15.2. The normalized spacial score (nSPS) is 11.9. The Morgan fingerprint density at radius 3 is 2.68 bits per heavy atom. The van der Waals surface area contributed by atoms with Crippen LogP contribution in [0, 0.1) is 0 Å². The number of oxime groups is 1. The standard InChI is InChI=1S/C13H23N5O/c1-4-8-18(10-9-17(2)3)13-11(12(14)16-19)6-5-7-15-13/h5-7,19H,4,8-10H2,1-3H3,(H2,14,16). The zero-order valence-corrected chi connectivity index (χ0v) is 11.9. The van der Waals surface area contributed by atoms with Crippen LogP contribution in [-0.4, -0.2) is 54.7 Å². The van der Waals surface area contributed by atoms with Crippen molar-refractivity contribution in [3.63, 3.8) is 0 Å². The van der Waals surface area contributed by atoms with Crippen molar-refractivity contribution in [1.82, 2.24) is 9.88 Å². The summed E-state index contributed by atoms with van der Waals surface area (Å²) in [7, 11) is 4.07. The SMILES string of the molecule is CCCN(CCN(C)C)c1ncccc1C(N)=NO. The Kier molecular flexibility index (Phi) is 6.08. The number of anilines is 1. The minimum Gasteiger partial charge on any atom is -0.409 e. The zero-order chi connectivity index (χ0) is 14.3. The molecular weight excluding hydrogens is 242 g/mol. The van der Waals surface area contributed by atoms with E-state index in [1.807, 2.05) is 20.2 Å². The van der Waals surface area contributed by atoms with E-state index in [2.05, 4.69) is 26.9 Å². The molecule has 0 aliphatic carbocycles. The second-order valence-corrected chi connectivity index (χ2v) is 4.65. The lowest BCUT2D eigenvalue weighted by Crippen LogP contribution is -2.34. The molecule has 19 heavy (non-hydrogen) atoms. The Bertz CT molecular complexity index is 419. The smallest absolute Gasteiger partial charge is 0.173 e. The van der Waals surface area contributed by atoms with Crippen molar-refractivity contribution < 1.29 is 5.21 Å². The quantitative estimate of drug-likeness (QED) is 0.332. The second-order valence-electron chi connectivity index (χ2n) is 4.65. The van der Waals surface area contributed by atoms with Gasteiger partial charge in [0.25, 0.3) is 0 Å². The average molecular weight is 265 g/mol. The number of amidine groups is 1. The number of aromatic nitrogens is 1. The molecule has 0 aliphatic heterocycles. The molecule has 0 spiro atoms. The van der Waals surface area contributed by atoms with E-state index in [-0.39, 0.29) is 5.84 Å². The van der Waals surface area contributed by atoms with Crippen LogP contribution in [0.5, 0.6) is 0 Å². The van der Waals surface area contributed by atoms with E-state index in [1.165, 1.54) is 0 Å². The molecule has 6 heteroatoms. The van der Waals surface area contributed by atoms with Crippen LogP contribution in [0.25, 0.3) is 0 Å². The highest BCUT2D eigenvalue weighted by Gasteiger charge is 2.14. The Morgan fingerprint density at radius 2 is 2.11 bits per heavy atom. The van der Waals surface area contributed by atoms with Gasteiger partial charge >= 0.3 is 0 Å². The van der Waals surface area contributed by atoms with Crippen LogP contribution in [-0.2, 0) is 0 Å². The van der Waals surface area contributed by atoms with Gasteiger partial charge in [0.1, 0.15) is 5.82 Å². The molecule has 0 aromatic carbocycles. The van der Waals surface area contributed by atoms with Gasteiger partial charge in [0.2, 0.25) is 0 Å². The first-order valence-electron chi connectivity index (χ1n) is 6.42. The van der Waals surface area contributed by atoms with Gasteiger partial charge in [0, 0.05) is 25.8 Å². The Hall–Kier alpha value is -1.82. The molecule has 1 aromatic heterocycles. The molecule has 0 saturated carbocycles. The van der Waals surface area contributed by atoms with Crippen LogP contribution in [0.2, 0.25) is 0 Å². The molecule has 0 radical (unpaired) electrons. The molecule has 0 atom stereocenters. The Labute approximate surface area is 114 Å². The van der Waals surface area contributed by atoms with Crippen molar-refractivity contribution in [3.8, 4) is 0 Å². The minimum absolute atomic E-state index is 0.0917. The summed E-state index contributed by atoms with van der Waals surface area (Å²) in [5.74, 6) is 0.857. The third-order valence-electron chi connectivity index (χ3n) is 2.78. The molecular formula is C13H23N5O. The molecule has 3 N–H and O–H groups in total. The predicted octanol–water partition coefficient (Wildman–Crippen LogP) is 0.954. The van der Waals surface area contributed by atoms with Gasteiger partial charge in [-0.05, 0) is 32.6 Å². The van der Waals surface area contributed by atoms with Gasteiger partial charge < -0.3 is 20.7 Å². The maximum atomic E-state index is 8.85. The molecule has 1 heterocycles. The summed E-state index contributed by atoms with van der Waals surface area (Å²) < 4.78 is 0. The van der Waals surface area contributed by atoms with E-state index in [0.717, 1.165) is 31.9 Å². The molecule has 0 aliphatic rings. The number of likely N-dealkylation sites (N-methyl/N-ethyl adjacent to an activating group) is 1. The summed E-state index contributed by atoms with van der Waals surface area (Å²) in [6.07, 6.45) is 2.74. The lowest BCUT2D eigenvalue weighted by molar-refractivity contribution is 0.318. The fourth-order valence-corrected chi connectivity index (χ4v) is 1.82. The molecule has 0 amide bonds. The second kappa shape index (κ2) is 7.58. The third-order valence-corrected chi connectivity index (χ3v) is 2.78. The summed E-state index contributed by atoms with van der Waals surface area (Å²) in [5, 5.41) is 11.9. The zero-order valence-electron chi connectivity index (χ0n) is 11.9. The lowest BCUT2D eigenvalue weighted by atomic mass is 10.2. The van der Waals surface area contributed by atoms with Crippen LogP contribution in [0.4, 0.5) is 5.82 Å². The van der Waals surface area contributed by atoms with Crippen molar-refractivity contribution >= 4 is 11.7 Å². The fraction of sp³-hybridized carbons (Fsp3) is 0.538. The predicted molar refractivity (Wildman–Crippen MR) is 77.8 cm³/mol. The van der Waals surface area contributed by atoms with E-state index < -0.39 is 0 Å². The molecule has 1 rings (SSSR count). The summed E-state index contributed by atoms with van der Waals surface area (Å²) in [6, 6.07) is 3.60. The van der Waals surface area contributed by atoms with Crippen LogP contribution < -0.4 is 10.6 Å². The summed E-state index contributed by atoms with van der Waals surface area (Å²) in [5.41, 5.74) is 6.37. The highest BCUT2D eigenvalue weighted by atomic mass is 16.4. The molecule has 0 fully saturated rings. The lowest BCUT2D eigenvalue weighted by Gasteiger charge is -2.26. The Morgan fingerprint density at radius 1 is 1.37 bits per heavy atom.